The molecule has 0 bridgehead atoms. The fourth-order valence-electron chi connectivity index (χ4n) is 4.14. The summed E-state index contributed by atoms with van der Waals surface area (Å²) in [5.74, 6) is 1.39. The molecular weight excluding hydrogens is 378 g/mol. The lowest BCUT2D eigenvalue weighted by atomic mass is 10.1. The van der Waals surface area contributed by atoms with Crippen LogP contribution in [0.2, 0.25) is 0 Å². The third-order valence-corrected chi connectivity index (χ3v) is 5.64. The molecule has 5 rings (SSSR count). The number of hydrogen-bond donors (Lipinski definition) is 1. The van der Waals surface area contributed by atoms with Gasteiger partial charge in [-0.2, -0.15) is 0 Å². The number of nitrogens with zero attached hydrogens (tertiary/aromatic N) is 2. The van der Waals surface area contributed by atoms with Crippen LogP contribution in [0.1, 0.15) is 35.0 Å². The maximum Gasteiger partial charge on any atom is 0.252 e. The predicted molar refractivity (Wildman–Crippen MR) is 114 cm³/mol. The van der Waals surface area contributed by atoms with E-state index in [1.807, 2.05) is 48.5 Å². The molecule has 0 saturated carbocycles. The molecule has 4 heterocycles. The lowest BCUT2D eigenvalue weighted by Gasteiger charge is -2.26. The molecule has 30 heavy (non-hydrogen) atoms. The first-order valence-corrected chi connectivity index (χ1v) is 10.3. The molecule has 0 radical (unpaired) electrons. The van der Waals surface area contributed by atoms with Gasteiger partial charge in [0.1, 0.15) is 11.5 Å². The first-order chi connectivity index (χ1) is 14.8. The minimum atomic E-state index is -0.128. The highest BCUT2D eigenvalue weighted by molar-refractivity contribution is 6.07. The Balaban J connectivity index is 1.44. The lowest BCUT2D eigenvalue weighted by molar-refractivity contribution is 0.0935. The van der Waals surface area contributed by atoms with E-state index in [0.29, 0.717) is 23.6 Å². The number of hydrogen-bond acceptors (Lipinski definition) is 5. The summed E-state index contributed by atoms with van der Waals surface area (Å²) in [7, 11) is 0. The quantitative estimate of drug-likeness (QED) is 0.509. The van der Waals surface area contributed by atoms with Gasteiger partial charge in [0.25, 0.3) is 5.91 Å². The monoisotopic (exact) mass is 401 g/mol. The van der Waals surface area contributed by atoms with Crippen molar-refractivity contribution in [1.82, 2.24) is 15.2 Å². The average Bonchev–Trinajstić information content (AvgIpc) is 3.57. The number of benzene rings is 1. The zero-order valence-corrected chi connectivity index (χ0v) is 16.6. The van der Waals surface area contributed by atoms with Gasteiger partial charge in [0.2, 0.25) is 0 Å². The molecule has 3 aromatic heterocycles. The van der Waals surface area contributed by atoms with Crippen LogP contribution in [0.25, 0.3) is 22.4 Å². The SMILES string of the molecule is O=C(NCC(c1ccco1)N1CCCC1)c1cc(-c2ccco2)nc2ccccc12. The van der Waals surface area contributed by atoms with Gasteiger partial charge in [0.15, 0.2) is 5.76 Å². The molecule has 1 aliphatic heterocycles. The van der Waals surface area contributed by atoms with Gasteiger partial charge >= 0.3 is 0 Å². The highest BCUT2D eigenvalue weighted by atomic mass is 16.3. The third-order valence-electron chi connectivity index (χ3n) is 5.64. The number of nitrogens with one attached hydrogen (secondary N) is 1. The Hall–Kier alpha value is -3.38. The summed E-state index contributed by atoms with van der Waals surface area (Å²) >= 11 is 0. The van der Waals surface area contributed by atoms with Crippen molar-refractivity contribution in [3.8, 4) is 11.5 Å². The number of carbonyl (C=O) groups is 1. The van der Waals surface area contributed by atoms with Gasteiger partial charge in [0.05, 0.1) is 29.6 Å². The van der Waals surface area contributed by atoms with Crippen molar-refractivity contribution in [3.05, 3.63) is 78.4 Å². The van der Waals surface area contributed by atoms with E-state index >= 15 is 0 Å². The van der Waals surface area contributed by atoms with Crippen molar-refractivity contribution in [2.45, 2.75) is 18.9 Å². The summed E-state index contributed by atoms with van der Waals surface area (Å²) in [6.45, 7) is 2.52. The first kappa shape index (κ1) is 18.6. The summed E-state index contributed by atoms with van der Waals surface area (Å²) in [5, 5.41) is 3.95. The molecule has 152 valence electrons. The van der Waals surface area contributed by atoms with Crippen LogP contribution in [0, 0.1) is 0 Å². The maximum atomic E-state index is 13.3. The van der Waals surface area contributed by atoms with E-state index in [9.17, 15) is 4.79 Å². The smallest absolute Gasteiger partial charge is 0.252 e. The van der Waals surface area contributed by atoms with Crippen LogP contribution in [-0.4, -0.2) is 35.4 Å². The van der Waals surface area contributed by atoms with Gasteiger partial charge in [-0.3, -0.25) is 9.69 Å². The Morgan fingerprint density at radius 2 is 1.83 bits per heavy atom. The number of furan rings is 2. The van der Waals surface area contributed by atoms with Crippen molar-refractivity contribution in [2.24, 2.45) is 0 Å². The van der Waals surface area contributed by atoms with E-state index in [2.05, 4.69) is 15.2 Å². The molecule has 1 fully saturated rings. The average molecular weight is 401 g/mol. The van der Waals surface area contributed by atoms with E-state index in [0.717, 1.165) is 29.8 Å². The fraction of sp³-hybridized carbons (Fsp3) is 0.250. The number of fused-ring (bicyclic) bond motifs is 1. The normalized spacial score (nSPS) is 15.5. The fourth-order valence-corrected chi connectivity index (χ4v) is 4.14. The molecule has 6 nitrogen and oxygen atoms in total. The summed E-state index contributed by atoms with van der Waals surface area (Å²) in [6.07, 6.45) is 5.64. The van der Waals surface area contributed by atoms with E-state index in [1.54, 1.807) is 18.6 Å². The standard InChI is InChI=1S/C24H23N3O3/c28-24(25-16-21(23-10-6-14-30-23)27-11-3-4-12-27)18-15-20(22-9-5-13-29-22)26-19-8-2-1-7-17(18)19/h1-2,5-10,13-15,21H,3-4,11-12,16H2,(H,25,28). The molecule has 1 atom stereocenters. The number of carbonyl (C=O) groups excluding carboxylic acids is 1. The van der Waals surface area contributed by atoms with Crippen LogP contribution >= 0.6 is 0 Å². The Bertz CT molecular complexity index is 1130. The molecule has 1 saturated heterocycles. The van der Waals surface area contributed by atoms with E-state index in [1.165, 1.54) is 12.8 Å². The van der Waals surface area contributed by atoms with Gasteiger partial charge in [-0.1, -0.05) is 18.2 Å². The number of pyridine rings is 1. The number of para-hydroxylation sites is 1. The van der Waals surface area contributed by atoms with Gasteiger partial charge in [0, 0.05) is 11.9 Å². The van der Waals surface area contributed by atoms with Crippen LogP contribution in [0.5, 0.6) is 0 Å². The second kappa shape index (κ2) is 8.16. The van der Waals surface area contributed by atoms with E-state index in [-0.39, 0.29) is 11.9 Å². The minimum Gasteiger partial charge on any atom is -0.468 e. The Labute approximate surface area is 174 Å². The second-order valence-corrected chi connectivity index (χ2v) is 7.53. The van der Waals surface area contributed by atoms with Crippen molar-refractivity contribution < 1.29 is 13.6 Å². The Morgan fingerprint density at radius 1 is 1.03 bits per heavy atom. The molecule has 1 unspecified atom stereocenters. The highest BCUT2D eigenvalue weighted by Gasteiger charge is 2.26. The molecule has 4 aromatic rings. The number of likely N-dealkylation sites (tertiary alicyclic amines) is 1. The number of rotatable bonds is 6. The van der Waals surface area contributed by atoms with Crippen LogP contribution in [0.3, 0.4) is 0 Å². The van der Waals surface area contributed by atoms with Crippen LogP contribution < -0.4 is 5.32 Å². The molecule has 1 aliphatic rings. The minimum absolute atomic E-state index is 0.0316. The van der Waals surface area contributed by atoms with Crippen LogP contribution in [-0.2, 0) is 0 Å². The van der Waals surface area contributed by atoms with Crippen molar-refractivity contribution in [1.29, 1.82) is 0 Å². The van der Waals surface area contributed by atoms with Gasteiger partial charge in [-0.05, 0) is 62.3 Å². The topological polar surface area (TPSA) is 71.5 Å². The third kappa shape index (κ3) is 3.62. The van der Waals surface area contributed by atoms with Gasteiger partial charge in [-0.15, -0.1) is 0 Å². The van der Waals surface area contributed by atoms with E-state index < -0.39 is 0 Å². The van der Waals surface area contributed by atoms with Crippen LogP contribution in [0.4, 0.5) is 0 Å². The summed E-state index contributed by atoms with van der Waals surface area (Å²) < 4.78 is 11.2. The van der Waals surface area contributed by atoms with Crippen LogP contribution in [0.15, 0.2) is 76.0 Å². The molecule has 1 amide bonds. The summed E-state index contributed by atoms with van der Waals surface area (Å²) in [5.41, 5.74) is 2.00. The lowest BCUT2D eigenvalue weighted by Crippen LogP contribution is -2.36. The predicted octanol–water partition coefficient (Wildman–Crippen LogP) is 4.65. The molecule has 6 heteroatoms. The molecule has 0 aliphatic carbocycles. The number of aromatic nitrogens is 1. The zero-order valence-electron chi connectivity index (χ0n) is 16.6. The highest BCUT2D eigenvalue weighted by Crippen LogP contribution is 2.27. The summed E-state index contributed by atoms with van der Waals surface area (Å²) in [4.78, 5) is 20.3. The molecule has 1 N–H and O–H groups in total. The summed E-state index contributed by atoms with van der Waals surface area (Å²) in [6, 6.07) is 17.0. The van der Waals surface area contributed by atoms with Crippen molar-refractivity contribution >= 4 is 16.8 Å². The van der Waals surface area contributed by atoms with Gasteiger partial charge in [-0.25, -0.2) is 4.98 Å². The van der Waals surface area contributed by atoms with E-state index in [4.69, 9.17) is 8.83 Å². The molecule has 1 aromatic carbocycles. The van der Waals surface area contributed by atoms with Crippen molar-refractivity contribution in [2.75, 3.05) is 19.6 Å². The Kier molecular flexibility index (Phi) is 5.07. The maximum absolute atomic E-state index is 13.3. The van der Waals surface area contributed by atoms with Crippen molar-refractivity contribution in [3.63, 3.8) is 0 Å². The Morgan fingerprint density at radius 3 is 2.60 bits per heavy atom. The van der Waals surface area contributed by atoms with Gasteiger partial charge < -0.3 is 14.2 Å². The largest absolute Gasteiger partial charge is 0.468 e. The number of amides is 1. The second-order valence-electron chi connectivity index (χ2n) is 7.53. The molecule has 0 spiro atoms. The molecular formula is C24H23N3O3. The zero-order chi connectivity index (χ0) is 20.3. The first-order valence-electron chi connectivity index (χ1n) is 10.3.